The van der Waals surface area contributed by atoms with Gasteiger partial charge in [-0.2, -0.15) is 0 Å². The van der Waals surface area contributed by atoms with Crippen LogP contribution in [-0.4, -0.2) is 17.7 Å². The molecule has 0 aliphatic heterocycles. The molecule has 0 bridgehead atoms. The van der Waals surface area contributed by atoms with Gasteiger partial charge in [0.25, 0.3) is 0 Å². The van der Waals surface area contributed by atoms with Gasteiger partial charge in [-0.1, -0.05) is 13.3 Å². The molecule has 0 unspecified atom stereocenters. The molecule has 5 heteroatoms. The molecule has 3 nitrogen and oxygen atoms in total. The summed E-state index contributed by atoms with van der Waals surface area (Å²) in [6, 6.07) is 0. The summed E-state index contributed by atoms with van der Waals surface area (Å²) in [6.07, 6.45) is 1.02. The molecule has 10 heavy (non-hydrogen) atoms. The predicted octanol–water partition coefficient (Wildman–Crippen LogP) is -4.94. The molecule has 0 rings (SSSR count). The molecular weight excluding hydrogens is 165 g/mol. The van der Waals surface area contributed by atoms with Gasteiger partial charge in [0.05, 0.1) is 0 Å². The minimum atomic E-state index is -0.932. The molecule has 0 saturated heterocycles. The molecule has 56 valence electrons. The Hall–Kier alpha value is 0.560. The molecule has 1 amide bonds. The monoisotopic (exact) mass is 175 g/mol. The summed E-state index contributed by atoms with van der Waals surface area (Å²) < 4.78 is 0. The van der Waals surface area contributed by atoms with Crippen molar-refractivity contribution in [2.24, 2.45) is 0 Å². The number of halogens is 1. The maximum atomic E-state index is 9.76. The fourth-order valence-electron chi connectivity index (χ4n) is 0.372. The van der Waals surface area contributed by atoms with Crippen LogP contribution >= 0.6 is 0 Å². The van der Waals surface area contributed by atoms with Crippen molar-refractivity contribution in [2.75, 3.05) is 6.54 Å². The Morgan fingerprint density at radius 2 is 2.10 bits per heavy atom. The maximum absolute atomic E-state index is 9.76. The topological polar surface area (TPSA) is 49.3 Å². The Balaban J connectivity index is -0.000000245. The first kappa shape index (κ1) is 16.9. The summed E-state index contributed by atoms with van der Waals surface area (Å²) in [7, 11) is 0. The minimum Gasteiger partial charge on any atom is -1.00 e. The second-order valence-electron chi connectivity index (χ2n) is 1.59. The molecule has 0 aromatic carbocycles. The van der Waals surface area contributed by atoms with Gasteiger partial charge in [0.2, 0.25) is 0 Å². The zero-order valence-corrected chi connectivity index (χ0v) is 9.11. The first-order valence-electron chi connectivity index (χ1n) is 2.74. The number of nitrogens with one attached hydrogen (secondary N) is 1. The Labute approximate surface area is 89.3 Å². The van der Waals surface area contributed by atoms with Gasteiger partial charge < -0.3 is 22.8 Å². The van der Waals surface area contributed by atoms with Crippen LogP contribution in [0.1, 0.15) is 19.8 Å². The molecule has 0 radical (unpaired) electrons. The third-order valence-electron chi connectivity index (χ3n) is 0.807. The predicted molar refractivity (Wildman–Crippen MR) is 30.9 cm³/mol. The van der Waals surface area contributed by atoms with Crippen molar-refractivity contribution in [2.45, 2.75) is 19.8 Å². The molecule has 0 atom stereocenters. The van der Waals surface area contributed by atoms with Crippen LogP contribution in [0.5, 0.6) is 0 Å². The van der Waals surface area contributed by atoms with Crippen molar-refractivity contribution in [1.29, 1.82) is 0 Å². The molecule has 0 heterocycles. The Morgan fingerprint density at radius 3 is 2.40 bits per heavy atom. The normalized spacial score (nSPS) is 6.90. The second kappa shape index (κ2) is 12.3. The molecule has 0 aromatic rings. The van der Waals surface area contributed by atoms with Gasteiger partial charge in [-0.05, 0) is 6.42 Å². The van der Waals surface area contributed by atoms with Gasteiger partial charge in [0.15, 0.2) is 0 Å². The van der Waals surface area contributed by atoms with Gasteiger partial charge in [-0.15, -0.1) is 0 Å². The Bertz CT molecular complexity index is 82.0. The quantitative estimate of drug-likeness (QED) is 0.334. The summed E-state index contributed by atoms with van der Waals surface area (Å²) in [4.78, 5) is 9.76. The van der Waals surface area contributed by atoms with Gasteiger partial charge in [-0.25, -0.2) is 4.79 Å². The average Bonchev–Trinajstić information content (AvgIpc) is 1.66. The van der Waals surface area contributed by atoms with E-state index in [-0.39, 0.29) is 42.0 Å². The SMILES string of the molecule is CCCCNC(=O)O.[Cl-].[Na+]. The summed E-state index contributed by atoms with van der Waals surface area (Å²) >= 11 is 0. The molecule has 0 spiro atoms. The zero-order chi connectivity index (χ0) is 6.41. The molecule has 0 fully saturated rings. The number of hydrogen-bond acceptors (Lipinski definition) is 1. The van der Waals surface area contributed by atoms with Gasteiger partial charge in [-0.3, -0.25) is 0 Å². The number of hydrogen-bond donors (Lipinski definition) is 2. The third kappa shape index (κ3) is 15.8. The van der Waals surface area contributed by atoms with E-state index in [1.165, 1.54) is 0 Å². The van der Waals surface area contributed by atoms with Gasteiger partial charge >= 0.3 is 35.7 Å². The van der Waals surface area contributed by atoms with E-state index in [0.717, 1.165) is 12.8 Å². The van der Waals surface area contributed by atoms with E-state index in [1.54, 1.807) is 0 Å². The summed E-state index contributed by atoms with van der Waals surface area (Å²) in [5, 5.41) is 10.3. The zero-order valence-electron chi connectivity index (χ0n) is 6.35. The number of amides is 1. The summed E-state index contributed by atoms with van der Waals surface area (Å²) in [5.41, 5.74) is 0. The van der Waals surface area contributed by atoms with Crippen molar-refractivity contribution in [3.8, 4) is 0 Å². The van der Waals surface area contributed by atoms with E-state index in [9.17, 15) is 4.79 Å². The first-order valence-corrected chi connectivity index (χ1v) is 2.74. The van der Waals surface area contributed by atoms with E-state index in [4.69, 9.17) is 5.11 Å². The van der Waals surface area contributed by atoms with Crippen molar-refractivity contribution >= 4 is 6.09 Å². The molecule has 0 saturated carbocycles. The number of rotatable bonds is 3. The molecule has 0 aliphatic rings. The Morgan fingerprint density at radius 1 is 1.60 bits per heavy atom. The number of unbranched alkanes of at least 4 members (excludes halogenated alkanes) is 1. The van der Waals surface area contributed by atoms with Crippen LogP contribution in [0.3, 0.4) is 0 Å². The van der Waals surface area contributed by atoms with E-state index in [0.29, 0.717) is 6.54 Å². The average molecular weight is 176 g/mol. The summed E-state index contributed by atoms with van der Waals surface area (Å²) in [5.74, 6) is 0. The second-order valence-corrected chi connectivity index (χ2v) is 1.59. The van der Waals surface area contributed by atoms with Crippen LogP contribution in [0.15, 0.2) is 0 Å². The summed E-state index contributed by atoms with van der Waals surface area (Å²) in [6.45, 7) is 2.59. The van der Waals surface area contributed by atoms with Crippen molar-refractivity contribution < 1.29 is 51.9 Å². The van der Waals surface area contributed by atoms with Gasteiger partial charge in [0, 0.05) is 6.54 Å². The van der Waals surface area contributed by atoms with E-state index in [1.807, 2.05) is 6.92 Å². The molecular formula is C5H11ClNNaO2. The van der Waals surface area contributed by atoms with Crippen LogP contribution in [0.2, 0.25) is 0 Å². The Kier molecular flexibility index (Phi) is 20.7. The fourth-order valence-corrected chi connectivity index (χ4v) is 0.372. The largest absolute Gasteiger partial charge is 1.00 e. The van der Waals surface area contributed by atoms with Crippen molar-refractivity contribution in [3.63, 3.8) is 0 Å². The maximum Gasteiger partial charge on any atom is 1.00 e. The molecule has 0 aromatic heterocycles. The van der Waals surface area contributed by atoms with E-state index < -0.39 is 6.09 Å². The van der Waals surface area contributed by atoms with Crippen LogP contribution in [-0.2, 0) is 0 Å². The van der Waals surface area contributed by atoms with Gasteiger partial charge in [0.1, 0.15) is 0 Å². The van der Waals surface area contributed by atoms with E-state index in [2.05, 4.69) is 5.32 Å². The van der Waals surface area contributed by atoms with Crippen LogP contribution < -0.4 is 47.3 Å². The van der Waals surface area contributed by atoms with Crippen LogP contribution in [0.4, 0.5) is 4.79 Å². The van der Waals surface area contributed by atoms with Crippen molar-refractivity contribution in [1.82, 2.24) is 5.32 Å². The van der Waals surface area contributed by atoms with Crippen LogP contribution in [0, 0.1) is 0 Å². The minimum absolute atomic E-state index is 0. The standard InChI is InChI=1S/C5H11NO2.ClH.Na/c1-2-3-4-6-5(7)8;;/h6H,2-4H2,1H3,(H,7,8);1H;/q;;+1/p-1. The smallest absolute Gasteiger partial charge is 1.00 e. The molecule has 0 aliphatic carbocycles. The number of carbonyl (C=O) groups is 1. The fraction of sp³-hybridized carbons (Fsp3) is 0.800. The van der Waals surface area contributed by atoms with E-state index >= 15 is 0 Å². The van der Waals surface area contributed by atoms with Crippen LogP contribution in [0.25, 0.3) is 0 Å². The molecule has 2 N–H and O–H groups in total. The first-order chi connectivity index (χ1) is 3.77. The van der Waals surface area contributed by atoms with Crippen molar-refractivity contribution in [3.05, 3.63) is 0 Å². The number of carboxylic acid groups (broad SMARTS) is 1. The third-order valence-corrected chi connectivity index (χ3v) is 0.807.